The van der Waals surface area contributed by atoms with E-state index in [4.69, 9.17) is 14.2 Å². The fourth-order valence-corrected chi connectivity index (χ4v) is 13.1. The second-order valence-electron chi connectivity index (χ2n) is 29.2. The molecule has 7 unspecified atom stereocenters. The Balaban J connectivity index is 1.89. The van der Waals surface area contributed by atoms with Gasteiger partial charge in [-0.2, -0.15) is 0 Å². The van der Waals surface area contributed by atoms with Gasteiger partial charge in [-0.15, -0.1) is 0 Å². The van der Waals surface area contributed by atoms with Crippen molar-refractivity contribution in [2.45, 2.75) is 442 Å². The lowest BCUT2D eigenvalue weighted by molar-refractivity contribution is -0.302. The van der Waals surface area contributed by atoms with Crippen molar-refractivity contribution in [2.75, 3.05) is 19.8 Å². The van der Waals surface area contributed by atoms with Gasteiger partial charge in [-0.05, 0) is 122 Å². The highest BCUT2D eigenvalue weighted by molar-refractivity contribution is 5.76. The highest BCUT2D eigenvalue weighted by Crippen LogP contribution is 2.24. The molecule has 0 bridgehead atoms. The Bertz CT molecular complexity index is 1930. The minimum Gasteiger partial charge on any atom is -0.466 e. The van der Waals surface area contributed by atoms with Crippen LogP contribution in [0.5, 0.6) is 0 Å². The van der Waals surface area contributed by atoms with Crippen LogP contribution in [0.25, 0.3) is 0 Å². The molecule has 99 heavy (non-hydrogen) atoms. The van der Waals surface area contributed by atoms with Crippen LogP contribution in [0.3, 0.4) is 0 Å². The molecule has 576 valence electrons. The highest BCUT2D eigenvalue weighted by atomic mass is 16.7. The topological polar surface area (TPSA) is 175 Å². The molecule has 1 heterocycles. The second kappa shape index (κ2) is 76.0. The van der Waals surface area contributed by atoms with Crippen LogP contribution in [-0.2, 0) is 23.8 Å². The quantitative estimate of drug-likeness (QED) is 0.0195. The van der Waals surface area contributed by atoms with Crippen LogP contribution in [0, 0.1) is 0 Å². The smallest absolute Gasteiger partial charge is 0.305 e. The van der Waals surface area contributed by atoms with E-state index in [-0.39, 0.29) is 18.5 Å². The minimum absolute atomic E-state index is 0.0105. The number of esters is 1. The van der Waals surface area contributed by atoms with Gasteiger partial charge in [0.25, 0.3) is 0 Å². The molecule has 1 saturated heterocycles. The first kappa shape index (κ1) is 93.9. The van der Waals surface area contributed by atoms with Gasteiger partial charge in [0, 0.05) is 12.8 Å². The summed E-state index contributed by atoms with van der Waals surface area (Å²) in [5.41, 5.74) is 0. The molecule has 1 fully saturated rings. The maximum Gasteiger partial charge on any atom is 0.305 e. The minimum atomic E-state index is -1.58. The molecule has 0 aromatic heterocycles. The van der Waals surface area contributed by atoms with E-state index in [0.29, 0.717) is 19.4 Å². The van der Waals surface area contributed by atoms with Crippen molar-refractivity contribution >= 4 is 11.9 Å². The Morgan fingerprint density at radius 1 is 0.374 bits per heavy atom. The summed E-state index contributed by atoms with van der Waals surface area (Å²) in [5, 5.41) is 54.5. The molecule has 0 saturated carbocycles. The lowest BCUT2D eigenvalue weighted by Gasteiger charge is -2.40. The van der Waals surface area contributed by atoms with Crippen molar-refractivity contribution in [3.05, 3.63) is 85.1 Å². The summed E-state index contributed by atoms with van der Waals surface area (Å²) < 4.78 is 16.8. The number of carbonyl (C=O) groups excluding carboxylic acids is 2. The largest absolute Gasteiger partial charge is 0.466 e. The van der Waals surface area contributed by atoms with Gasteiger partial charge >= 0.3 is 5.97 Å². The van der Waals surface area contributed by atoms with Crippen LogP contribution in [0.15, 0.2) is 85.1 Å². The number of hydrogen-bond donors (Lipinski definition) is 6. The van der Waals surface area contributed by atoms with Gasteiger partial charge in [0.1, 0.15) is 24.4 Å². The molecule has 1 aliphatic heterocycles. The number of allylic oxidation sites excluding steroid dienone is 13. The summed E-state index contributed by atoms with van der Waals surface area (Å²) in [7, 11) is 0. The van der Waals surface area contributed by atoms with E-state index in [1.807, 2.05) is 6.08 Å². The molecular formula is C88H159NO10. The average Bonchev–Trinajstić information content (AvgIpc) is 0.866. The molecule has 1 amide bonds. The van der Waals surface area contributed by atoms with Crippen LogP contribution in [0.4, 0.5) is 0 Å². The number of amides is 1. The second-order valence-corrected chi connectivity index (χ2v) is 29.2. The molecule has 0 aliphatic carbocycles. The molecule has 11 nitrogen and oxygen atoms in total. The Kier molecular flexibility index (Phi) is 72.0. The predicted octanol–water partition coefficient (Wildman–Crippen LogP) is 23.5. The van der Waals surface area contributed by atoms with Gasteiger partial charge in [-0.1, -0.05) is 349 Å². The number of ether oxygens (including phenoxy) is 3. The van der Waals surface area contributed by atoms with Gasteiger partial charge in [-0.25, -0.2) is 0 Å². The number of unbranched alkanes of at least 4 members (excludes halogenated alkanes) is 49. The zero-order valence-electron chi connectivity index (χ0n) is 64.4. The predicted molar refractivity (Wildman–Crippen MR) is 421 cm³/mol. The van der Waals surface area contributed by atoms with Gasteiger partial charge in [-0.3, -0.25) is 9.59 Å². The zero-order valence-corrected chi connectivity index (χ0v) is 64.4. The van der Waals surface area contributed by atoms with Crippen LogP contribution in [0.1, 0.15) is 399 Å². The maximum absolute atomic E-state index is 13.1. The molecule has 11 heteroatoms. The number of nitrogens with one attached hydrogen (secondary N) is 1. The molecular weight excluding hydrogens is 1230 g/mol. The van der Waals surface area contributed by atoms with E-state index in [1.165, 1.54) is 289 Å². The fourth-order valence-electron chi connectivity index (χ4n) is 13.1. The van der Waals surface area contributed by atoms with E-state index in [1.54, 1.807) is 6.08 Å². The number of rotatable bonds is 75. The highest BCUT2D eigenvalue weighted by Gasteiger charge is 2.44. The van der Waals surface area contributed by atoms with Crippen LogP contribution >= 0.6 is 0 Å². The third-order valence-corrected chi connectivity index (χ3v) is 19.7. The number of aliphatic hydroxyl groups excluding tert-OH is 5. The zero-order chi connectivity index (χ0) is 71.5. The summed E-state index contributed by atoms with van der Waals surface area (Å²) in [4.78, 5) is 25.2. The summed E-state index contributed by atoms with van der Waals surface area (Å²) in [5.74, 6) is -0.182. The van der Waals surface area contributed by atoms with Gasteiger partial charge in [0.15, 0.2) is 6.29 Å². The monoisotopic (exact) mass is 1390 g/mol. The number of carbonyl (C=O) groups is 2. The number of aliphatic hydroxyl groups is 5. The third kappa shape index (κ3) is 64.2. The van der Waals surface area contributed by atoms with Crippen LogP contribution in [-0.4, -0.2) is 100 Å². The molecule has 6 N–H and O–H groups in total. The third-order valence-electron chi connectivity index (χ3n) is 19.7. The van der Waals surface area contributed by atoms with Crippen molar-refractivity contribution in [3.8, 4) is 0 Å². The standard InChI is InChI=1S/C88H159NO10/c1-3-5-7-9-11-13-15-17-18-19-41-45-48-52-56-60-64-68-72-76-84(93)97-77-73-69-65-61-57-53-49-46-43-40-38-36-34-32-30-28-26-24-22-20-21-23-25-27-29-31-33-35-37-39-42-44-47-51-55-59-63-67-71-75-83(92)89-80(79-98-88-87(96)86(95)85(94)82(78-90)99-88)81(91)74-70-66-62-58-54-50-16-14-12-10-8-6-4-2/h11-14,17-18,20-21,24,26,54,58,70,74,80-82,85-88,90-91,94-96H,3-10,15-16,19,22-23,25,27-53,55-57,59-69,71-73,75-79H2,1-2H3,(H,89,92)/b13-11-,14-12+,18-17-,21-20-,26-24-,58-54+,74-70+. The molecule has 1 rings (SSSR count). The van der Waals surface area contributed by atoms with E-state index in [2.05, 4.69) is 92.1 Å². The Morgan fingerprint density at radius 2 is 0.687 bits per heavy atom. The summed E-state index contributed by atoms with van der Waals surface area (Å²) in [6.07, 6.45) is 96.4. The molecule has 0 spiro atoms. The van der Waals surface area contributed by atoms with Gasteiger partial charge < -0.3 is 45.1 Å². The lowest BCUT2D eigenvalue weighted by Crippen LogP contribution is -2.60. The Hall–Kier alpha value is -3.16. The van der Waals surface area contributed by atoms with E-state index >= 15 is 0 Å². The first-order valence-corrected chi connectivity index (χ1v) is 42.4. The van der Waals surface area contributed by atoms with Crippen molar-refractivity contribution in [1.82, 2.24) is 5.32 Å². The average molecular weight is 1390 g/mol. The molecule has 7 atom stereocenters. The normalized spacial score (nSPS) is 17.6. The van der Waals surface area contributed by atoms with E-state index in [0.717, 1.165) is 83.5 Å². The van der Waals surface area contributed by atoms with Gasteiger partial charge in [0.2, 0.25) is 5.91 Å². The number of hydrogen-bond acceptors (Lipinski definition) is 10. The van der Waals surface area contributed by atoms with Crippen molar-refractivity contribution in [3.63, 3.8) is 0 Å². The SMILES string of the molecule is CCCCC/C=C\C/C=C\CCCCCCCCCCCC(=O)OCCCCCCCCCCCCCCCCC/C=C\C/C=C\CCCCCCCCCCCCCCCCCCCC(=O)NC(COC1OC(CO)C(O)C(O)C1O)C(O)/C=C/CC/C=C/CC/C=C/CCCCC. The molecule has 0 aromatic rings. The summed E-state index contributed by atoms with van der Waals surface area (Å²) in [6, 6.07) is -0.834. The van der Waals surface area contributed by atoms with Gasteiger partial charge in [0.05, 0.1) is 32.0 Å². The van der Waals surface area contributed by atoms with Crippen LogP contribution in [0.2, 0.25) is 0 Å². The molecule has 0 aromatic carbocycles. The summed E-state index contributed by atoms with van der Waals surface area (Å²) in [6.45, 7) is 4.30. The first-order valence-electron chi connectivity index (χ1n) is 42.4. The van der Waals surface area contributed by atoms with Crippen molar-refractivity contribution in [2.24, 2.45) is 0 Å². The fraction of sp³-hybridized carbons (Fsp3) is 0.818. The Labute approximate surface area is 610 Å². The van der Waals surface area contributed by atoms with Crippen LogP contribution < -0.4 is 5.32 Å². The van der Waals surface area contributed by atoms with Crippen molar-refractivity contribution < 1.29 is 49.3 Å². The van der Waals surface area contributed by atoms with Crippen molar-refractivity contribution in [1.29, 1.82) is 0 Å². The molecule has 0 radical (unpaired) electrons. The molecule has 1 aliphatic rings. The summed E-state index contributed by atoms with van der Waals surface area (Å²) >= 11 is 0. The maximum atomic E-state index is 13.1. The Morgan fingerprint density at radius 3 is 1.06 bits per heavy atom. The van der Waals surface area contributed by atoms with E-state index < -0.39 is 49.5 Å². The lowest BCUT2D eigenvalue weighted by atomic mass is 9.99. The van der Waals surface area contributed by atoms with E-state index in [9.17, 15) is 35.1 Å². The first-order chi connectivity index (χ1) is 48.7.